The number of primary amides is 1. The zero-order valence-corrected chi connectivity index (χ0v) is 10.5. The summed E-state index contributed by atoms with van der Waals surface area (Å²) in [5.74, 6) is -0.472. The van der Waals surface area contributed by atoms with E-state index in [-0.39, 0.29) is 17.4 Å². The topological polar surface area (TPSA) is 98.2 Å². The van der Waals surface area contributed by atoms with Gasteiger partial charge < -0.3 is 16.8 Å². The van der Waals surface area contributed by atoms with Gasteiger partial charge in [-0.05, 0) is 18.2 Å². The second-order valence-corrected chi connectivity index (χ2v) is 4.64. The van der Waals surface area contributed by atoms with Crippen molar-refractivity contribution in [2.75, 3.05) is 22.6 Å². The number of nitrogens with two attached hydrogens (primary N) is 2. The molecule has 0 atom stereocenters. The second kappa shape index (κ2) is 6.36. The van der Waals surface area contributed by atoms with Gasteiger partial charge in [0, 0.05) is 5.69 Å². The summed E-state index contributed by atoms with van der Waals surface area (Å²) in [6.45, 7) is 0. The smallest absolute Gasteiger partial charge is 0.234 e. The number of carbonyl (C=O) groups is 2. The Balaban J connectivity index is 2.50. The van der Waals surface area contributed by atoms with Crippen molar-refractivity contribution in [2.45, 2.75) is 0 Å². The molecule has 0 unspecified atom stereocenters. The lowest BCUT2D eigenvalue weighted by Crippen LogP contribution is -2.18. The van der Waals surface area contributed by atoms with Gasteiger partial charge in [-0.3, -0.25) is 9.59 Å². The van der Waals surface area contributed by atoms with E-state index >= 15 is 0 Å². The fourth-order valence-electron chi connectivity index (χ4n) is 1.07. The Morgan fingerprint density at radius 1 is 1.35 bits per heavy atom. The minimum absolute atomic E-state index is 0.109. The summed E-state index contributed by atoms with van der Waals surface area (Å²) in [5, 5.41) is 3.01. The number of amides is 2. The molecular formula is C10H12ClN3O2S. The molecule has 0 heterocycles. The zero-order valence-electron chi connectivity index (χ0n) is 8.90. The predicted molar refractivity (Wildman–Crippen MR) is 71.0 cm³/mol. The lowest BCUT2D eigenvalue weighted by atomic mass is 10.3. The second-order valence-electron chi connectivity index (χ2n) is 3.25. The van der Waals surface area contributed by atoms with Crippen molar-refractivity contribution in [1.82, 2.24) is 0 Å². The van der Waals surface area contributed by atoms with Crippen molar-refractivity contribution in [2.24, 2.45) is 5.73 Å². The molecule has 0 spiro atoms. The van der Waals surface area contributed by atoms with Gasteiger partial charge in [0.05, 0.1) is 22.2 Å². The predicted octanol–water partition coefficient (Wildman–Crippen LogP) is 1.08. The average molecular weight is 274 g/mol. The van der Waals surface area contributed by atoms with Crippen LogP contribution in [0.15, 0.2) is 18.2 Å². The number of benzene rings is 1. The van der Waals surface area contributed by atoms with Gasteiger partial charge in [-0.2, -0.15) is 0 Å². The van der Waals surface area contributed by atoms with E-state index in [9.17, 15) is 9.59 Å². The Morgan fingerprint density at radius 3 is 2.71 bits per heavy atom. The van der Waals surface area contributed by atoms with Gasteiger partial charge in [-0.25, -0.2) is 0 Å². The largest absolute Gasteiger partial charge is 0.399 e. The summed E-state index contributed by atoms with van der Waals surface area (Å²) in [5.41, 5.74) is 11.5. The molecular weight excluding hydrogens is 262 g/mol. The molecule has 0 aliphatic carbocycles. The molecule has 5 nitrogen and oxygen atoms in total. The highest BCUT2D eigenvalue weighted by atomic mass is 35.5. The van der Waals surface area contributed by atoms with Crippen molar-refractivity contribution < 1.29 is 9.59 Å². The van der Waals surface area contributed by atoms with Crippen molar-refractivity contribution in [1.29, 1.82) is 0 Å². The van der Waals surface area contributed by atoms with E-state index < -0.39 is 5.91 Å². The Bertz CT molecular complexity index is 440. The number of hydrogen-bond acceptors (Lipinski definition) is 4. The maximum atomic E-state index is 11.5. The van der Waals surface area contributed by atoms with Crippen LogP contribution in [0.4, 0.5) is 11.4 Å². The highest BCUT2D eigenvalue weighted by molar-refractivity contribution is 8.00. The fraction of sp³-hybridized carbons (Fsp3) is 0.200. The van der Waals surface area contributed by atoms with Crippen LogP contribution >= 0.6 is 23.4 Å². The van der Waals surface area contributed by atoms with E-state index in [2.05, 4.69) is 5.32 Å². The molecule has 92 valence electrons. The molecule has 5 N–H and O–H groups in total. The summed E-state index contributed by atoms with van der Waals surface area (Å²) in [7, 11) is 0. The molecule has 0 aromatic heterocycles. The van der Waals surface area contributed by atoms with Crippen molar-refractivity contribution in [3.63, 3.8) is 0 Å². The summed E-state index contributed by atoms with van der Waals surface area (Å²) in [4.78, 5) is 21.9. The molecule has 1 aromatic rings. The minimum Gasteiger partial charge on any atom is -0.399 e. The first-order valence-corrected chi connectivity index (χ1v) is 6.23. The van der Waals surface area contributed by atoms with Gasteiger partial charge in [0.1, 0.15) is 0 Å². The molecule has 0 aliphatic rings. The van der Waals surface area contributed by atoms with Crippen LogP contribution in [0.1, 0.15) is 0 Å². The molecule has 0 fully saturated rings. The van der Waals surface area contributed by atoms with E-state index in [1.54, 1.807) is 18.2 Å². The van der Waals surface area contributed by atoms with Gasteiger partial charge in [0.2, 0.25) is 11.8 Å². The van der Waals surface area contributed by atoms with Crippen LogP contribution < -0.4 is 16.8 Å². The molecule has 17 heavy (non-hydrogen) atoms. The minimum atomic E-state index is -0.454. The van der Waals surface area contributed by atoms with Gasteiger partial charge in [-0.1, -0.05) is 11.6 Å². The number of nitrogen functional groups attached to an aromatic ring is 1. The lowest BCUT2D eigenvalue weighted by molar-refractivity contribution is -0.115. The quantitative estimate of drug-likeness (QED) is 0.699. The number of rotatable bonds is 5. The van der Waals surface area contributed by atoms with Crippen LogP contribution in [0.3, 0.4) is 0 Å². The Morgan fingerprint density at radius 2 is 2.06 bits per heavy atom. The summed E-state index contributed by atoms with van der Waals surface area (Å²) < 4.78 is 0. The Kier molecular flexibility index (Phi) is 5.11. The number of nitrogens with one attached hydrogen (secondary N) is 1. The molecule has 0 bridgehead atoms. The van der Waals surface area contributed by atoms with Gasteiger partial charge in [0.15, 0.2) is 0 Å². The van der Waals surface area contributed by atoms with E-state index in [4.69, 9.17) is 23.1 Å². The summed E-state index contributed by atoms with van der Waals surface area (Å²) >= 11 is 7.01. The van der Waals surface area contributed by atoms with Crippen molar-refractivity contribution >= 4 is 46.6 Å². The molecule has 0 aliphatic heterocycles. The molecule has 1 rings (SSSR count). The maximum absolute atomic E-state index is 11.5. The van der Waals surface area contributed by atoms with E-state index in [1.165, 1.54) is 0 Å². The number of carbonyl (C=O) groups excluding carboxylic acids is 2. The van der Waals surface area contributed by atoms with Crippen molar-refractivity contribution in [3.05, 3.63) is 23.2 Å². The summed E-state index contributed by atoms with van der Waals surface area (Å²) in [6.07, 6.45) is 0. The van der Waals surface area contributed by atoms with Gasteiger partial charge >= 0.3 is 0 Å². The van der Waals surface area contributed by atoms with E-state index in [1.807, 2.05) is 0 Å². The maximum Gasteiger partial charge on any atom is 0.234 e. The molecule has 1 aromatic carbocycles. The van der Waals surface area contributed by atoms with Crippen LogP contribution in [0, 0.1) is 0 Å². The van der Waals surface area contributed by atoms with E-state index in [0.29, 0.717) is 16.4 Å². The SMILES string of the molecule is NC(=O)CSCC(=O)Nc1cc(N)ccc1Cl. The van der Waals surface area contributed by atoms with Crippen LogP contribution in [-0.4, -0.2) is 23.3 Å². The Labute approximate surface area is 108 Å². The standard InChI is InChI=1S/C10H12ClN3O2S/c11-7-2-1-6(12)3-8(7)14-10(16)5-17-4-9(13)15/h1-3H,4-5,12H2,(H2,13,15)(H,14,16). The van der Waals surface area contributed by atoms with Gasteiger partial charge in [0.25, 0.3) is 0 Å². The fourth-order valence-corrected chi connectivity index (χ4v) is 1.79. The van der Waals surface area contributed by atoms with E-state index in [0.717, 1.165) is 11.8 Å². The third-order valence-electron chi connectivity index (χ3n) is 1.74. The Hall–Kier alpha value is -1.40. The first-order chi connectivity index (χ1) is 7.99. The van der Waals surface area contributed by atoms with Crippen molar-refractivity contribution in [3.8, 4) is 0 Å². The highest BCUT2D eigenvalue weighted by Gasteiger charge is 2.07. The molecule has 0 radical (unpaired) electrons. The normalized spacial score (nSPS) is 9.94. The first-order valence-electron chi connectivity index (χ1n) is 4.70. The number of thioether (sulfide) groups is 1. The zero-order chi connectivity index (χ0) is 12.8. The third-order valence-corrected chi connectivity index (χ3v) is 3.03. The summed E-state index contributed by atoms with van der Waals surface area (Å²) in [6, 6.07) is 4.81. The van der Waals surface area contributed by atoms with Crippen LogP contribution in [-0.2, 0) is 9.59 Å². The molecule has 2 amide bonds. The number of hydrogen-bond donors (Lipinski definition) is 3. The molecule has 7 heteroatoms. The average Bonchev–Trinajstić information content (AvgIpc) is 2.23. The van der Waals surface area contributed by atoms with Crippen LogP contribution in [0.5, 0.6) is 0 Å². The molecule has 0 saturated carbocycles. The van der Waals surface area contributed by atoms with Crippen LogP contribution in [0.25, 0.3) is 0 Å². The highest BCUT2D eigenvalue weighted by Crippen LogP contribution is 2.24. The third kappa shape index (κ3) is 4.97. The monoisotopic (exact) mass is 273 g/mol. The van der Waals surface area contributed by atoms with Crippen LogP contribution in [0.2, 0.25) is 5.02 Å². The molecule has 0 saturated heterocycles. The first kappa shape index (κ1) is 13.7. The van der Waals surface area contributed by atoms with Gasteiger partial charge in [-0.15, -0.1) is 11.8 Å². The number of halogens is 1. The lowest BCUT2D eigenvalue weighted by Gasteiger charge is -2.07. The number of anilines is 2.